The fraction of sp³-hybridized carbons (Fsp3) is 0.333. The summed E-state index contributed by atoms with van der Waals surface area (Å²) < 4.78 is 16.6. The molecule has 4 nitrogen and oxygen atoms in total. The topological polar surface area (TPSA) is 50.7 Å². The highest BCUT2D eigenvalue weighted by Gasteiger charge is 2.12. The molecule has 1 aliphatic rings. The maximum atomic E-state index is 12.2. The molecule has 0 atom stereocenters. The first kappa shape index (κ1) is 7.71. The Morgan fingerprint density at radius 2 is 2.64 bits per heavy atom. The summed E-state index contributed by atoms with van der Waals surface area (Å²) in [6, 6.07) is 0. The average molecular weight is 158 g/mol. The lowest BCUT2D eigenvalue weighted by molar-refractivity contribution is -0.136. The Morgan fingerprint density at radius 3 is 3.09 bits per heavy atom. The lowest BCUT2D eigenvalue weighted by Crippen LogP contribution is -2.22. The van der Waals surface area contributed by atoms with E-state index in [0.717, 1.165) is 0 Å². The molecule has 1 aliphatic heterocycles. The van der Waals surface area contributed by atoms with Crippen molar-refractivity contribution in [3.63, 3.8) is 0 Å². The Hall–Kier alpha value is -1.39. The van der Waals surface area contributed by atoms with Gasteiger partial charge in [0.1, 0.15) is 0 Å². The van der Waals surface area contributed by atoms with Gasteiger partial charge in [0.15, 0.2) is 0 Å². The number of methoxy groups -OCH3 is 1. The largest absolute Gasteiger partial charge is 0.466 e. The van der Waals surface area contributed by atoms with E-state index in [1.54, 1.807) is 0 Å². The molecule has 0 saturated heterocycles. The van der Waals surface area contributed by atoms with Gasteiger partial charge in [-0.2, -0.15) is 4.39 Å². The summed E-state index contributed by atoms with van der Waals surface area (Å²) >= 11 is 0. The number of hydrogen-bond donors (Lipinski definition) is 1. The summed E-state index contributed by atoms with van der Waals surface area (Å²) in [5, 5.41) is 2.17. The molecule has 0 aromatic heterocycles. The van der Waals surface area contributed by atoms with Gasteiger partial charge in [0, 0.05) is 6.20 Å². The van der Waals surface area contributed by atoms with Crippen LogP contribution in [0.3, 0.4) is 0 Å². The van der Waals surface area contributed by atoms with Crippen molar-refractivity contribution in [1.29, 1.82) is 0 Å². The molecule has 0 saturated carbocycles. The van der Waals surface area contributed by atoms with Crippen LogP contribution >= 0.6 is 0 Å². The quantitative estimate of drug-likeness (QED) is 0.430. The zero-order chi connectivity index (χ0) is 8.27. The number of nitrogens with zero attached hydrogens (tertiary/aromatic N) is 1. The van der Waals surface area contributed by atoms with Gasteiger partial charge in [-0.05, 0) is 0 Å². The first-order valence-corrected chi connectivity index (χ1v) is 2.98. The molecule has 0 aromatic carbocycles. The SMILES string of the molecule is COC(=O)C1=CNC(F)=NC1. The van der Waals surface area contributed by atoms with E-state index in [0.29, 0.717) is 5.57 Å². The van der Waals surface area contributed by atoms with E-state index < -0.39 is 12.1 Å². The van der Waals surface area contributed by atoms with Gasteiger partial charge in [0.2, 0.25) is 0 Å². The third kappa shape index (κ3) is 1.76. The molecule has 11 heavy (non-hydrogen) atoms. The predicted octanol–water partition coefficient (Wildman–Crippen LogP) is -0.0280. The minimum absolute atomic E-state index is 0.0332. The summed E-state index contributed by atoms with van der Waals surface area (Å²) in [4.78, 5) is 14.1. The van der Waals surface area contributed by atoms with E-state index in [2.05, 4.69) is 15.0 Å². The minimum Gasteiger partial charge on any atom is -0.466 e. The van der Waals surface area contributed by atoms with Gasteiger partial charge in [-0.25, -0.2) is 9.79 Å². The van der Waals surface area contributed by atoms with Crippen LogP contribution < -0.4 is 5.32 Å². The predicted molar refractivity (Wildman–Crippen MR) is 36.6 cm³/mol. The highest BCUT2D eigenvalue weighted by atomic mass is 19.1. The van der Waals surface area contributed by atoms with E-state index in [4.69, 9.17) is 0 Å². The van der Waals surface area contributed by atoms with Crippen LogP contribution in [0.2, 0.25) is 0 Å². The third-order valence-electron chi connectivity index (χ3n) is 1.20. The van der Waals surface area contributed by atoms with Crippen molar-refractivity contribution in [3.05, 3.63) is 11.8 Å². The maximum Gasteiger partial charge on any atom is 0.337 e. The molecule has 0 aliphatic carbocycles. The van der Waals surface area contributed by atoms with Gasteiger partial charge in [-0.15, -0.1) is 0 Å². The number of esters is 1. The normalized spacial score (nSPS) is 16.2. The van der Waals surface area contributed by atoms with Crippen LogP contribution in [-0.2, 0) is 9.53 Å². The molecule has 0 unspecified atom stereocenters. The number of hydrogen-bond acceptors (Lipinski definition) is 4. The molecular formula is C6H7FN2O2. The summed E-state index contributed by atoms with van der Waals surface area (Å²) in [7, 11) is 1.26. The van der Waals surface area contributed by atoms with E-state index in [1.165, 1.54) is 13.3 Å². The zero-order valence-corrected chi connectivity index (χ0v) is 5.93. The number of ether oxygens (including phenoxy) is 1. The number of halogens is 1. The molecule has 0 fully saturated rings. The second-order valence-corrected chi connectivity index (χ2v) is 1.91. The monoisotopic (exact) mass is 158 g/mol. The molecule has 1 N–H and O–H groups in total. The van der Waals surface area contributed by atoms with Gasteiger partial charge in [0.25, 0.3) is 6.09 Å². The van der Waals surface area contributed by atoms with Crippen LogP contribution in [0.5, 0.6) is 0 Å². The van der Waals surface area contributed by atoms with E-state index in [-0.39, 0.29) is 6.54 Å². The Labute approximate surface area is 62.8 Å². The molecule has 1 rings (SSSR count). The lowest BCUT2D eigenvalue weighted by atomic mass is 10.3. The van der Waals surface area contributed by atoms with Gasteiger partial charge in [-0.3, -0.25) is 0 Å². The maximum absolute atomic E-state index is 12.2. The number of rotatable bonds is 1. The van der Waals surface area contributed by atoms with Crippen molar-refractivity contribution in [2.45, 2.75) is 0 Å². The highest BCUT2D eigenvalue weighted by molar-refractivity contribution is 5.91. The smallest absolute Gasteiger partial charge is 0.337 e. The fourth-order valence-electron chi connectivity index (χ4n) is 0.647. The fourth-order valence-corrected chi connectivity index (χ4v) is 0.647. The Kier molecular flexibility index (Phi) is 2.20. The van der Waals surface area contributed by atoms with Crippen molar-refractivity contribution in [2.24, 2.45) is 4.99 Å². The molecule has 0 amide bonds. The Bertz CT molecular complexity index is 235. The summed E-state index contributed by atoms with van der Waals surface area (Å²) in [5.74, 6) is -0.492. The standard InChI is InChI=1S/C6H7FN2O2/c1-11-5(10)4-2-8-6(7)9-3-4/h2H,3H2,1H3,(H,8,9). The van der Waals surface area contributed by atoms with Gasteiger partial charge >= 0.3 is 5.97 Å². The number of carbonyl (C=O) groups excluding carboxylic acids is 1. The van der Waals surface area contributed by atoms with Crippen LogP contribution in [0.4, 0.5) is 4.39 Å². The van der Waals surface area contributed by atoms with E-state index in [1.807, 2.05) is 0 Å². The summed E-state index contributed by atoms with van der Waals surface area (Å²) in [6.45, 7) is 0.0332. The van der Waals surface area contributed by atoms with Crippen LogP contribution in [0.1, 0.15) is 0 Å². The summed E-state index contributed by atoms with van der Waals surface area (Å²) in [6.07, 6.45) is 0.561. The van der Waals surface area contributed by atoms with Gasteiger partial charge in [0.05, 0.1) is 19.2 Å². The first-order chi connectivity index (χ1) is 5.24. The van der Waals surface area contributed by atoms with Gasteiger partial charge in [-0.1, -0.05) is 0 Å². The van der Waals surface area contributed by atoms with Crippen molar-refractivity contribution in [3.8, 4) is 0 Å². The van der Waals surface area contributed by atoms with Crippen molar-refractivity contribution in [1.82, 2.24) is 5.32 Å². The van der Waals surface area contributed by atoms with Crippen LogP contribution in [-0.4, -0.2) is 25.7 Å². The lowest BCUT2D eigenvalue weighted by Gasteiger charge is -2.07. The zero-order valence-electron chi connectivity index (χ0n) is 5.93. The van der Waals surface area contributed by atoms with Crippen LogP contribution in [0.15, 0.2) is 16.8 Å². The van der Waals surface area contributed by atoms with Crippen LogP contribution in [0.25, 0.3) is 0 Å². The molecule has 5 heteroatoms. The highest BCUT2D eigenvalue weighted by Crippen LogP contribution is 2.01. The summed E-state index contributed by atoms with van der Waals surface area (Å²) in [5.41, 5.74) is 0.314. The molecular weight excluding hydrogens is 151 g/mol. The van der Waals surface area contributed by atoms with Crippen molar-refractivity contribution in [2.75, 3.05) is 13.7 Å². The minimum atomic E-state index is -0.683. The molecule has 1 heterocycles. The Morgan fingerprint density at radius 1 is 1.91 bits per heavy atom. The second-order valence-electron chi connectivity index (χ2n) is 1.91. The number of amidine groups is 1. The molecule has 0 aromatic rings. The molecule has 0 radical (unpaired) electrons. The van der Waals surface area contributed by atoms with Crippen LogP contribution in [0, 0.1) is 0 Å². The second kappa shape index (κ2) is 3.14. The van der Waals surface area contributed by atoms with Gasteiger partial charge < -0.3 is 10.1 Å². The number of carbonyl (C=O) groups is 1. The van der Waals surface area contributed by atoms with E-state index >= 15 is 0 Å². The number of aliphatic imine (C=N–C) groups is 1. The van der Waals surface area contributed by atoms with E-state index in [9.17, 15) is 9.18 Å². The van der Waals surface area contributed by atoms with Crippen molar-refractivity contribution >= 4 is 12.1 Å². The third-order valence-corrected chi connectivity index (χ3v) is 1.20. The van der Waals surface area contributed by atoms with Crippen molar-refractivity contribution < 1.29 is 13.9 Å². The average Bonchev–Trinajstić information content (AvgIpc) is 2.05. The molecule has 0 spiro atoms. The molecule has 0 bridgehead atoms. The first-order valence-electron chi connectivity index (χ1n) is 2.98. The Balaban J connectivity index is 2.58. The molecule has 60 valence electrons. The number of nitrogens with one attached hydrogen (secondary N) is 1.